The van der Waals surface area contributed by atoms with Crippen LogP contribution in [0, 0.1) is 5.82 Å². The minimum absolute atomic E-state index is 0.0278. The SMILES string of the molecule is NS(=O)(=O)c1ccc(C(=O)Nc2ccc(Cl)cc2F)cc1. The molecular formula is C13H10ClFN2O3S. The van der Waals surface area contributed by atoms with Crippen LogP contribution >= 0.6 is 11.6 Å². The van der Waals surface area contributed by atoms with Gasteiger partial charge in [0.05, 0.1) is 10.6 Å². The van der Waals surface area contributed by atoms with Gasteiger partial charge in [0.1, 0.15) is 5.82 Å². The third-order valence-electron chi connectivity index (χ3n) is 2.62. The Labute approximate surface area is 125 Å². The van der Waals surface area contributed by atoms with Gasteiger partial charge >= 0.3 is 0 Å². The number of rotatable bonds is 3. The van der Waals surface area contributed by atoms with E-state index < -0.39 is 21.7 Å². The number of amides is 1. The summed E-state index contributed by atoms with van der Waals surface area (Å²) < 4.78 is 35.7. The van der Waals surface area contributed by atoms with Gasteiger partial charge in [-0.1, -0.05) is 11.6 Å². The maximum Gasteiger partial charge on any atom is 0.255 e. The van der Waals surface area contributed by atoms with Crippen LogP contribution in [0.4, 0.5) is 10.1 Å². The second-order valence-electron chi connectivity index (χ2n) is 4.15. The van der Waals surface area contributed by atoms with Crippen LogP contribution in [0.25, 0.3) is 0 Å². The van der Waals surface area contributed by atoms with E-state index in [1.54, 1.807) is 0 Å². The van der Waals surface area contributed by atoms with Crippen LogP contribution in [0.3, 0.4) is 0 Å². The molecule has 0 aliphatic carbocycles. The molecule has 0 saturated heterocycles. The van der Waals surface area contributed by atoms with Crippen molar-refractivity contribution in [2.75, 3.05) is 5.32 Å². The number of hydrogen-bond acceptors (Lipinski definition) is 3. The topological polar surface area (TPSA) is 89.3 Å². The van der Waals surface area contributed by atoms with Crippen LogP contribution in [-0.4, -0.2) is 14.3 Å². The molecule has 21 heavy (non-hydrogen) atoms. The molecule has 0 bridgehead atoms. The lowest BCUT2D eigenvalue weighted by atomic mass is 10.2. The maximum absolute atomic E-state index is 13.6. The van der Waals surface area contributed by atoms with E-state index in [4.69, 9.17) is 16.7 Å². The number of carbonyl (C=O) groups is 1. The van der Waals surface area contributed by atoms with Crippen LogP contribution in [0.15, 0.2) is 47.4 Å². The number of sulfonamides is 1. The minimum Gasteiger partial charge on any atom is -0.319 e. The van der Waals surface area contributed by atoms with E-state index >= 15 is 0 Å². The van der Waals surface area contributed by atoms with Gasteiger partial charge in [0.25, 0.3) is 5.91 Å². The lowest BCUT2D eigenvalue weighted by molar-refractivity contribution is 0.102. The zero-order chi connectivity index (χ0) is 15.6. The number of halogens is 2. The zero-order valence-corrected chi connectivity index (χ0v) is 12.1. The van der Waals surface area contributed by atoms with Gasteiger partial charge in [-0.15, -0.1) is 0 Å². The maximum atomic E-state index is 13.6. The van der Waals surface area contributed by atoms with E-state index in [2.05, 4.69) is 5.32 Å². The summed E-state index contributed by atoms with van der Waals surface area (Å²) in [5.41, 5.74) is 0.136. The number of nitrogens with one attached hydrogen (secondary N) is 1. The molecule has 0 saturated carbocycles. The van der Waals surface area contributed by atoms with Crippen molar-refractivity contribution in [2.45, 2.75) is 4.90 Å². The minimum atomic E-state index is -3.82. The number of anilines is 1. The third-order valence-corrected chi connectivity index (χ3v) is 3.79. The molecule has 2 rings (SSSR count). The van der Waals surface area contributed by atoms with Crippen LogP contribution in [0.5, 0.6) is 0 Å². The molecule has 110 valence electrons. The van der Waals surface area contributed by atoms with Gasteiger partial charge in [-0.3, -0.25) is 4.79 Å². The van der Waals surface area contributed by atoms with Gasteiger partial charge in [0, 0.05) is 10.6 Å². The first kappa shape index (κ1) is 15.4. The molecule has 0 aliphatic rings. The molecule has 0 heterocycles. The zero-order valence-electron chi connectivity index (χ0n) is 10.5. The van der Waals surface area contributed by atoms with Crippen LogP contribution in [-0.2, 0) is 10.0 Å². The predicted octanol–water partition coefficient (Wildman–Crippen LogP) is 2.38. The monoisotopic (exact) mass is 328 g/mol. The number of carbonyl (C=O) groups excluding carboxylic acids is 1. The molecular weight excluding hydrogens is 319 g/mol. The van der Waals surface area contributed by atoms with Gasteiger partial charge in [-0.25, -0.2) is 17.9 Å². The molecule has 8 heteroatoms. The Morgan fingerprint density at radius 3 is 2.29 bits per heavy atom. The molecule has 3 N–H and O–H groups in total. The van der Waals surface area contributed by atoms with E-state index in [0.29, 0.717) is 0 Å². The molecule has 5 nitrogen and oxygen atoms in total. The van der Waals surface area contributed by atoms with Crippen LogP contribution < -0.4 is 10.5 Å². The Hall–Kier alpha value is -1.96. The Morgan fingerprint density at radius 1 is 1.14 bits per heavy atom. The Kier molecular flexibility index (Phi) is 4.26. The first-order valence-electron chi connectivity index (χ1n) is 5.66. The van der Waals surface area contributed by atoms with E-state index in [1.807, 2.05) is 0 Å². The first-order valence-corrected chi connectivity index (χ1v) is 7.59. The largest absolute Gasteiger partial charge is 0.319 e. The fourth-order valence-electron chi connectivity index (χ4n) is 1.58. The normalized spacial score (nSPS) is 11.2. The third kappa shape index (κ3) is 3.78. The summed E-state index contributed by atoms with van der Waals surface area (Å²) >= 11 is 5.61. The lowest BCUT2D eigenvalue weighted by Gasteiger charge is -2.07. The molecule has 0 unspecified atom stereocenters. The number of hydrogen-bond donors (Lipinski definition) is 2. The Morgan fingerprint density at radius 2 is 1.76 bits per heavy atom. The summed E-state index contributed by atoms with van der Waals surface area (Å²) in [5.74, 6) is -1.26. The Bertz CT molecular complexity index is 792. The quantitative estimate of drug-likeness (QED) is 0.906. The van der Waals surface area contributed by atoms with Gasteiger partial charge in [-0.05, 0) is 42.5 Å². The van der Waals surface area contributed by atoms with Gasteiger partial charge < -0.3 is 5.32 Å². The number of primary sulfonamides is 1. The second-order valence-corrected chi connectivity index (χ2v) is 6.15. The second kappa shape index (κ2) is 5.80. The van der Waals surface area contributed by atoms with Gasteiger partial charge in [-0.2, -0.15) is 0 Å². The fraction of sp³-hybridized carbons (Fsp3) is 0. The highest BCUT2D eigenvalue weighted by Gasteiger charge is 2.12. The fourth-order valence-corrected chi connectivity index (χ4v) is 2.26. The molecule has 0 aliphatic heterocycles. The van der Waals surface area contributed by atoms with Crippen molar-refractivity contribution in [3.05, 3.63) is 58.9 Å². The van der Waals surface area contributed by atoms with E-state index in [0.717, 1.165) is 6.07 Å². The molecule has 0 atom stereocenters. The summed E-state index contributed by atoms with van der Waals surface area (Å²) in [6.07, 6.45) is 0. The van der Waals surface area contributed by atoms with Gasteiger partial charge in [0.15, 0.2) is 0 Å². The average Bonchev–Trinajstić information content (AvgIpc) is 2.41. The average molecular weight is 329 g/mol. The Balaban J connectivity index is 2.21. The lowest BCUT2D eigenvalue weighted by Crippen LogP contribution is -2.15. The summed E-state index contributed by atoms with van der Waals surface area (Å²) in [6, 6.07) is 8.79. The molecule has 0 aromatic heterocycles. The molecule has 2 aromatic rings. The highest BCUT2D eigenvalue weighted by molar-refractivity contribution is 7.89. The predicted molar refractivity (Wildman–Crippen MR) is 77.2 cm³/mol. The summed E-state index contributed by atoms with van der Waals surface area (Å²) in [6.45, 7) is 0. The van der Waals surface area contributed by atoms with Crippen molar-refractivity contribution in [2.24, 2.45) is 5.14 Å². The molecule has 1 amide bonds. The van der Waals surface area contributed by atoms with E-state index in [-0.39, 0.29) is 21.2 Å². The van der Waals surface area contributed by atoms with Crippen molar-refractivity contribution < 1.29 is 17.6 Å². The smallest absolute Gasteiger partial charge is 0.255 e. The molecule has 0 spiro atoms. The number of benzene rings is 2. The van der Waals surface area contributed by atoms with E-state index in [1.165, 1.54) is 36.4 Å². The van der Waals surface area contributed by atoms with Crippen molar-refractivity contribution >= 4 is 33.2 Å². The number of nitrogens with two attached hydrogens (primary N) is 1. The van der Waals surface area contributed by atoms with Crippen molar-refractivity contribution in [3.63, 3.8) is 0 Å². The highest BCUT2D eigenvalue weighted by Crippen LogP contribution is 2.19. The summed E-state index contributed by atoms with van der Waals surface area (Å²) in [4.78, 5) is 11.8. The molecule has 0 fully saturated rings. The first-order chi connectivity index (χ1) is 9.77. The van der Waals surface area contributed by atoms with Crippen molar-refractivity contribution in [1.29, 1.82) is 0 Å². The summed E-state index contributed by atoms with van der Waals surface area (Å²) in [5, 5.41) is 7.52. The molecule has 0 radical (unpaired) electrons. The standard InChI is InChI=1S/C13H10ClFN2O3S/c14-9-3-6-12(11(15)7-9)17-13(18)8-1-4-10(5-2-8)21(16,19)20/h1-7H,(H,17,18)(H2,16,19,20). The van der Waals surface area contributed by atoms with E-state index in [9.17, 15) is 17.6 Å². The molecule has 2 aromatic carbocycles. The highest BCUT2D eigenvalue weighted by atomic mass is 35.5. The summed E-state index contributed by atoms with van der Waals surface area (Å²) in [7, 11) is -3.82. The van der Waals surface area contributed by atoms with Crippen LogP contribution in [0.1, 0.15) is 10.4 Å². The van der Waals surface area contributed by atoms with Crippen molar-refractivity contribution in [3.8, 4) is 0 Å². The van der Waals surface area contributed by atoms with Gasteiger partial charge in [0.2, 0.25) is 10.0 Å². The van der Waals surface area contributed by atoms with Crippen molar-refractivity contribution in [1.82, 2.24) is 0 Å². The van der Waals surface area contributed by atoms with Crippen LogP contribution in [0.2, 0.25) is 5.02 Å².